The summed E-state index contributed by atoms with van der Waals surface area (Å²) in [5.41, 5.74) is 1.95. The number of nitrogens with zero attached hydrogens (tertiary/aromatic N) is 2. The van der Waals surface area contributed by atoms with Crippen LogP contribution in [0.25, 0.3) is 11.5 Å². The van der Waals surface area contributed by atoms with Crippen LogP contribution in [0.4, 0.5) is 5.95 Å². The minimum absolute atomic E-state index is 0.0937. The van der Waals surface area contributed by atoms with Gasteiger partial charge in [-0.25, -0.2) is 0 Å². The highest BCUT2D eigenvalue weighted by atomic mass is 16.5. The molecule has 0 fully saturated rings. The molecule has 0 bridgehead atoms. The Bertz CT molecular complexity index is 889. The summed E-state index contributed by atoms with van der Waals surface area (Å²) in [5.74, 6) is 1.45. The number of amides is 1. The highest BCUT2D eigenvalue weighted by Gasteiger charge is 2.12. The first-order valence-corrected chi connectivity index (χ1v) is 9.26. The number of ether oxygens (including phenoxy) is 2. The first-order valence-electron chi connectivity index (χ1n) is 9.26. The lowest BCUT2D eigenvalue weighted by molar-refractivity contribution is -0.118. The highest BCUT2D eigenvalue weighted by molar-refractivity contribution is 5.90. The molecule has 3 rings (SSSR count). The summed E-state index contributed by atoms with van der Waals surface area (Å²) in [4.78, 5) is 16.2. The number of aromatic nitrogens is 2. The van der Waals surface area contributed by atoms with Crippen molar-refractivity contribution in [2.45, 2.75) is 26.7 Å². The molecule has 0 unspecified atom stereocenters. The zero-order valence-corrected chi connectivity index (χ0v) is 16.0. The molecule has 28 heavy (non-hydrogen) atoms. The van der Waals surface area contributed by atoms with Gasteiger partial charge in [0.05, 0.1) is 6.61 Å². The molecule has 1 N–H and O–H groups in total. The maximum Gasteiger partial charge on any atom is 0.270 e. The fourth-order valence-electron chi connectivity index (χ4n) is 2.44. The molecule has 3 aromatic rings. The Balaban J connectivity index is 1.52. The second-order valence-electron chi connectivity index (χ2n) is 6.13. The van der Waals surface area contributed by atoms with Crippen LogP contribution in [0.15, 0.2) is 53.1 Å². The van der Waals surface area contributed by atoms with Crippen molar-refractivity contribution in [3.8, 4) is 23.0 Å². The van der Waals surface area contributed by atoms with E-state index in [9.17, 15) is 4.79 Å². The fourth-order valence-corrected chi connectivity index (χ4v) is 2.44. The third kappa shape index (κ3) is 5.33. The van der Waals surface area contributed by atoms with Gasteiger partial charge in [0.1, 0.15) is 11.5 Å². The van der Waals surface area contributed by atoms with Gasteiger partial charge in [0, 0.05) is 5.56 Å². The van der Waals surface area contributed by atoms with Crippen LogP contribution < -0.4 is 14.8 Å². The van der Waals surface area contributed by atoms with E-state index in [2.05, 4.69) is 29.3 Å². The van der Waals surface area contributed by atoms with Crippen molar-refractivity contribution in [1.29, 1.82) is 0 Å². The number of nitrogens with one attached hydrogen (secondary N) is 1. The van der Waals surface area contributed by atoms with Crippen LogP contribution in [0.5, 0.6) is 11.5 Å². The van der Waals surface area contributed by atoms with Crippen molar-refractivity contribution < 1.29 is 18.8 Å². The summed E-state index contributed by atoms with van der Waals surface area (Å²) in [6, 6.07) is 14.9. The van der Waals surface area contributed by atoms with Gasteiger partial charge in [0.2, 0.25) is 0 Å². The molecule has 0 aliphatic heterocycles. The van der Waals surface area contributed by atoms with Gasteiger partial charge in [-0.05, 0) is 60.0 Å². The van der Waals surface area contributed by atoms with Crippen molar-refractivity contribution in [1.82, 2.24) is 10.1 Å². The minimum atomic E-state index is -0.366. The zero-order chi connectivity index (χ0) is 19.8. The van der Waals surface area contributed by atoms with E-state index in [1.54, 1.807) is 0 Å². The maximum atomic E-state index is 12.0. The SMILES string of the molecule is CCCOc1ccc(-c2nc(NC(=O)COc3ccc(CC)cc3)no2)cc1. The van der Waals surface area contributed by atoms with E-state index in [1.165, 1.54) is 5.56 Å². The van der Waals surface area contributed by atoms with Crippen molar-refractivity contribution in [3.63, 3.8) is 0 Å². The molecule has 0 aliphatic carbocycles. The predicted octanol–water partition coefficient (Wildman–Crippen LogP) is 4.11. The summed E-state index contributed by atoms with van der Waals surface area (Å²) < 4.78 is 16.2. The van der Waals surface area contributed by atoms with Crippen molar-refractivity contribution in [3.05, 3.63) is 54.1 Å². The molecule has 0 spiro atoms. The Morgan fingerprint density at radius 1 is 1.00 bits per heavy atom. The molecule has 0 saturated heterocycles. The van der Waals surface area contributed by atoms with E-state index in [0.29, 0.717) is 18.2 Å². The minimum Gasteiger partial charge on any atom is -0.494 e. The van der Waals surface area contributed by atoms with Gasteiger partial charge in [-0.2, -0.15) is 4.98 Å². The Morgan fingerprint density at radius 3 is 2.36 bits per heavy atom. The standard InChI is InChI=1S/C21H23N3O4/c1-3-13-26-17-11-7-16(8-12-17)20-23-21(24-28-20)22-19(25)14-27-18-9-5-15(4-2)6-10-18/h5-12H,3-4,13-14H2,1-2H3,(H,22,24,25). The van der Waals surface area contributed by atoms with E-state index in [-0.39, 0.29) is 18.5 Å². The molecule has 1 aromatic heterocycles. The van der Waals surface area contributed by atoms with Gasteiger partial charge in [-0.3, -0.25) is 10.1 Å². The quantitative estimate of drug-likeness (QED) is 0.600. The maximum absolute atomic E-state index is 12.0. The van der Waals surface area contributed by atoms with Gasteiger partial charge >= 0.3 is 0 Å². The summed E-state index contributed by atoms with van der Waals surface area (Å²) in [6.45, 7) is 4.66. The number of carbonyl (C=O) groups is 1. The molecule has 1 amide bonds. The number of carbonyl (C=O) groups excluding carboxylic acids is 1. The van der Waals surface area contributed by atoms with Crippen LogP contribution in [-0.4, -0.2) is 29.3 Å². The molecule has 0 atom stereocenters. The monoisotopic (exact) mass is 381 g/mol. The second-order valence-corrected chi connectivity index (χ2v) is 6.13. The van der Waals surface area contributed by atoms with Crippen LogP contribution in [-0.2, 0) is 11.2 Å². The van der Waals surface area contributed by atoms with Crippen LogP contribution in [0.1, 0.15) is 25.8 Å². The van der Waals surface area contributed by atoms with Crippen LogP contribution in [0.3, 0.4) is 0 Å². The Hall–Kier alpha value is -3.35. The Labute approximate surface area is 163 Å². The van der Waals surface area contributed by atoms with E-state index in [4.69, 9.17) is 14.0 Å². The third-order valence-electron chi connectivity index (χ3n) is 3.95. The largest absolute Gasteiger partial charge is 0.494 e. The molecular formula is C21H23N3O4. The molecule has 0 radical (unpaired) electrons. The summed E-state index contributed by atoms with van der Waals surface area (Å²) in [5, 5.41) is 6.34. The summed E-state index contributed by atoms with van der Waals surface area (Å²) in [6.07, 6.45) is 1.90. The second kappa shape index (κ2) is 9.55. The van der Waals surface area contributed by atoms with Gasteiger partial charge in [0.25, 0.3) is 17.7 Å². The number of rotatable bonds is 9. The smallest absolute Gasteiger partial charge is 0.270 e. The van der Waals surface area contributed by atoms with Crippen LogP contribution >= 0.6 is 0 Å². The number of anilines is 1. The zero-order valence-electron chi connectivity index (χ0n) is 16.0. The summed E-state index contributed by atoms with van der Waals surface area (Å²) in [7, 11) is 0. The van der Waals surface area contributed by atoms with Crippen molar-refractivity contribution in [2.75, 3.05) is 18.5 Å². The number of hydrogen-bond acceptors (Lipinski definition) is 6. The van der Waals surface area contributed by atoms with E-state index in [1.807, 2.05) is 48.5 Å². The lowest BCUT2D eigenvalue weighted by atomic mass is 10.2. The fraction of sp³-hybridized carbons (Fsp3) is 0.286. The van der Waals surface area contributed by atoms with Gasteiger partial charge in [0.15, 0.2) is 6.61 Å². The normalized spacial score (nSPS) is 10.5. The third-order valence-corrected chi connectivity index (χ3v) is 3.95. The molecule has 7 nitrogen and oxygen atoms in total. The Morgan fingerprint density at radius 2 is 1.68 bits per heavy atom. The average molecular weight is 381 g/mol. The van der Waals surface area contributed by atoms with E-state index < -0.39 is 0 Å². The first kappa shape index (κ1) is 19.4. The molecule has 146 valence electrons. The first-order chi connectivity index (χ1) is 13.7. The lowest BCUT2D eigenvalue weighted by Crippen LogP contribution is -2.20. The van der Waals surface area contributed by atoms with Crippen molar-refractivity contribution in [2.24, 2.45) is 0 Å². The van der Waals surface area contributed by atoms with E-state index >= 15 is 0 Å². The highest BCUT2D eigenvalue weighted by Crippen LogP contribution is 2.22. The summed E-state index contributed by atoms with van der Waals surface area (Å²) >= 11 is 0. The van der Waals surface area contributed by atoms with Gasteiger partial charge in [-0.1, -0.05) is 26.0 Å². The number of aryl methyl sites for hydroxylation is 1. The molecule has 2 aromatic carbocycles. The number of hydrogen-bond donors (Lipinski definition) is 1. The molecule has 0 aliphatic rings. The topological polar surface area (TPSA) is 86.5 Å². The van der Waals surface area contributed by atoms with Crippen LogP contribution in [0, 0.1) is 0 Å². The van der Waals surface area contributed by atoms with Crippen molar-refractivity contribution >= 4 is 11.9 Å². The van der Waals surface area contributed by atoms with Gasteiger partial charge in [-0.15, -0.1) is 0 Å². The average Bonchev–Trinajstić information content (AvgIpc) is 3.20. The lowest BCUT2D eigenvalue weighted by Gasteiger charge is -2.06. The molecule has 7 heteroatoms. The van der Waals surface area contributed by atoms with Gasteiger partial charge < -0.3 is 14.0 Å². The van der Waals surface area contributed by atoms with Crippen LogP contribution in [0.2, 0.25) is 0 Å². The number of benzene rings is 2. The molecular weight excluding hydrogens is 358 g/mol. The predicted molar refractivity (Wildman–Crippen MR) is 105 cm³/mol. The van der Waals surface area contributed by atoms with E-state index in [0.717, 1.165) is 24.2 Å². The molecule has 0 saturated carbocycles. The Kier molecular flexibility index (Phi) is 6.62. The molecule has 1 heterocycles.